The highest BCUT2D eigenvalue weighted by molar-refractivity contribution is 7.89. The van der Waals surface area contributed by atoms with Crippen LogP contribution in [0, 0.1) is 5.82 Å². The molecule has 2 aliphatic heterocycles. The summed E-state index contributed by atoms with van der Waals surface area (Å²) in [6.07, 6.45) is 1.56. The van der Waals surface area contributed by atoms with E-state index in [2.05, 4.69) is 0 Å². The fourth-order valence-corrected chi connectivity index (χ4v) is 5.21. The lowest BCUT2D eigenvalue weighted by Crippen LogP contribution is -2.61. The smallest absolute Gasteiger partial charge is 0.261 e. The molecule has 1 N–H and O–H groups in total. The topological polar surface area (TPSA) is 111 Å². The third-order valence-corrected chi connectivity index (χ3v) is 6.74. The molecular weight excluding hydrogens is 515 g/mol. The van der Waals surface area contributed by atoms with Crippen LogP contribution >= 0.6 is 11.6 Å². The number of hydrogen-bond acceptors (Lipinski definition) is 7. The number of sulfonamides is 1. The van der Waals surface area contributed by atoms with E-state index in [-0.39, 0.29) is 48.7 Å². The summed E-state index contributed by atoms with van der Waals surface area (Å²) in [6.45, 7) is 0.450. The minimum Gasteiger partial charge on any atom is -0.490 e. The zero-order valence-electron chi connectivity index (χ0n) is 19.5. The van der Waals surface area contributed by atoms with Crippen molar-refractivity contribution in [3.63, 3.8) is 0 Å². The molecule has 0 aromatic heterocycles. The van der Waals surface area contributed by atoms with E-state index in [1.165, 1.54) is 24.3 Å². The molecule has 2 amide bonds. The van der Waals surface area contributed by atoms with Crippen LogP contribution in [-0.2, 0) is 30.8 Å². The monoisotopic (exact) mass is 540 g/mol. The lowest BCUT2D eigenvalue weighted by atomic mass is 9.91. The Bertz CT molecular complexity index is 1210. The number of ether oxygens (including phenoxy) is 3. The van der Waals surface area contributed by atoms with Gasteiger partial charge in [-0.3, -0.25) is 14.3 Å². The molecule has 4 rings (SSSR count). The molecule has 2 heterocycles. The van der Waals surface area contributed by atoms with Crippen molar-refractivity contribution in [2.75, 3.05) is 26.1 Å². The van der Waals surface area contributed by atoms with Gasteiger partial charge in [0.2, 0.25) is 15.9 Å². The third kappa shape index (κ3) is 6.86. The molecule has 2 aromatic carbocycles. The predicted octanol–water partition coefficient (Wildman–Crippen LogP) is 2.31. The Balaban J connectivity index is 1.39. The predicted molar refractivity (Wildman–Crippen MR) is 129 cm³/mol. The second kappa shape index (κ2) is 11.0. The van der Waals surface area contributed by atoms with Gasteiger partial charge in [0.15, 0.2) is 6.61 Å². The van der Waals surface area contributed by atoms with E-state index in [1.807, 2.05) is 4.72 Å². The molecule has 0 saturated carbocycles. The summed E-state index contributed by atoms with van der Waals surface area (Å²) >= 11 is 6.04. The number of nitrogens with zero attached hydrogens (tertiary/aromatic N) is 1. The summed E-state index contributed by atoms with van der Waals surface area (Å²) in [5.41, 5.74) is 0.353. The Kier molecular flexibility index (Phi) is 8.01. The maximum Gasteiger partial charge on any atom is 0.261 e. The minimum absolute atomic E-state index is 0.143. The van der Waals surface area contributed by atoms with Gasteiger partial charge < -0.3 is 19.1 Å². The van der Waals surface area contributed by atoms with Gasteiger partial charge in [0.05, 0.1) is 38.0 Å². The second-order valence-corrected chi connectivity index (χ2v) is 11.0. The molecule has 2 aliphatic rings. The Labute approximate surface area is 213 Å². The maximum atomic E-state index is 13.2. The molecule has 2 aromatic rings. The number of nitrogens with one attached hydrogen (secondary N) is 1. The van der Waals surface area contributed by atoms with Crippen molar-refractivity contribution in [3.05, 3.63) is 58.9 Å². The summed E-state index contributed by atoms with van der Waals surface area (Å²) in [6, 6.07) is 10.00. The molecule has 2 bridgehead atoms. The molecule has 2 atom stereocenters. The lowest BCUT2D eigenvalue weighted by molar-refractivity contribution is -0.157. The number of hydrogen-bond donors (Lipinski definition) is 1. The lowest BCUT2D eigenvalue weighted by Gasteiger charge is -2.48. The first-order valence-electron chi connectivity index (χ1n) is 11.3. The average Bonchev–Trinajstić information content (AvgIpc) is 2.78. The number of fused-ring (bicyclic) bond motifs is 2. The molecule has 0 radical (unpaired) electrons. The van der Waals surface area contributed by atoms with Gasteiger partial charge in [0.25, 0.3) is 5.91 Å². The first kappa shape index (κ1) is 26.2. The molecule has 0 unspecified atom stereocenters. The SMILES string of the molecule is CS(=O)(=O)NC(=O)Cc1cc(Cl)ccc1OCC(=O)N1[C@H]2COC[C@H]1CC(Oc1ccc(F)cc1)C2. The van der Waals surface area contributed by atoms with Crippen molar-refractivity contribution in [2.24, 2.45) is 0 Å². The van der Waals surface area contributed by atoms with E-state index in [1.54, 1.807) is 23.1 Å². The minimum atomic E-state index is -3.71. The second-order valence-electron chi connectivity index (χ2n) is 8.83. The number of carbonyl (C=O) groups excluding carboxylic acids is 2. The van der Waals surface area contributed by atoms with E-state index in [0.29, 0.717) is 42.4 Å². The van der Waals surface area contributed by atoms with Crippen LogP contribution < -0.4 is 14.2 Å². The van der Waals surface area contributed by atoms with Crippen LogP contribution in [0.3, 0.4) is 0 Å². The van der Waals surface area contributed by atoms with E-state index >= 15 is 0 Å². The van der Waals surface area contributed by atoms with Gasteiger partial charge in [-0.2, -0.15) is 0 Å². The van der Waals surface area contributed by atoms with Gasteiger partial charge in [0, 0.05) is 23.4 Å². The standard InChI is InChI=1S/C24H26ClFN2O7S/c1-36(31,32)27-23(29)9-15-8-16(25)2-7-22(15)34-14-24(30)28-18-10-21(11-19(28)13-33-12-18)35-20-5-3-17(26)4-6-20/h2-8,18-19,21H,9-14H2,1H3,(H,27,29)/t18-,19-/m1/s1. The summed E-state index contributed by atoms with van der Waals surface area (Å²) in [5.74, 6) is -0.500. The molecule has 0 spiro atoms. The number of piperidine rings is 1. The fourth-order valence-electron chi connectivity index (χ4n) is 4.53. The molecular formula is C24H26ClFN2O7S. The van der Waals surface area contributed by atoms with Gasteiger partial charge in [-0.05, 0) is 42.5 Å². The Hall–Kier alpha value is -2.89. The summed E-state index contributed by atoms with van der Waals surface area (Å²) in [7, 11) is -3.71. The van der Waals surface area contributed by atoms with Crippen molar-refractivity contribution >= 4 is 33.4 Å². The first-order valence-corrected chi connectivity index (χ1v) is 13.6. The van der Waals surface area contributed by atoms with E-state index in [0.717, 1.165) is 6.26 Å². The Morgan fingerprint density at radius 1 is 1.14 bits per heavy atom. The highest BCUT2D eigenvalue weighted by atomic mass is 35.5. The highest BCUT2D eigenvalue weighted by Crippen LogP contribution is 2.31. The summed E-state index contributed by atoms with van der Waals surface area (Å²) < 4.78 is 55.2. The molecule has 0 aliphatic carbocycles. The number of morpholine rings is 1. The largest absolute Gasteiger partial charge is 0.490 e. The van der Waals surface area contributed by atoms with E-state index in [4.69, 9.17) is 25.8 Å². The zero-order valence-corrected chi connectivity index (χ0v) is 21.1. The molecule has 36 heavy (non-hydrogen) atoms. The molecule has 9 nitrogen and oxygen atoms in total. The zero-order chi connectivity index (χ0) is 25.9. The summed E-state index contributed by atoms with van der Waals surface area (Å²) in [4.78, 5) is 27.0. The highest BCUT2D eigenvalue weighted by Gasteiger charge is 2.42. The van der Waals surface area contributed by atoms with Crippen LogP contribution in [0.25, 0.3) is 0 Å². The molecule has 12 heteroatoms. The van der Waals surface area contributed by atoms with Crippen molar-refractivity contribution in [2.45, 2.75) is 37.5 Å². The average molecular weight is 541 g/mol. The van der Waals surface area contributed by atoms with Gasteiger partial charge in [0.1, 0.15) is 23.4 Å². The number of rotatable bonds is 8. The van der Waals surface area contributed by atoms with Crippen molar-refractivity contribution in [1.29, 1.82) is 0 Å². The quantitative estimate of drug-likeness (QED) is 0.547. The number of benzene rings is 2. The van der Waals surface area contributed by atoms with Crippen molar-refractivity contribution in [1.82, 2.24) is 9.62 Å². The van der Waals surface area contributed by atoms with Crippen molar-refractivity contribution in [3.8, 4) is 11.5 Å². The van der Waals surface area contributed by atoms with Gasteiger partial charge in [-0.1, -0.05) is 11.6 Å². The Morgan fingerprint density at radius 2 is 1.81 bits per heavy atom. The van der Waals surface area contributed by atoms with Crippen LogP contribution in [0.1, 0.15) is 18.4 Å². The number of carbonyl (C=O) groups is 2. The van der Waals surface area contributed by atoms with Crippen LogP contribution in [0.15, 0.2) is 42.5 Å². The number of amides is 2. The normalized spacial score (nSPS) is 21.5. The van der Waals surface area contributed by atoms with E-state index in [9.17, 15) is 22.4 Å². The van der Waals surface area contributed by atoms with E-state index < -0.39 is 15.9 Å². The van der Waals surface area contributed by atoms with Gasteiger partial charge in [-0.15, -0.1) is 0 Å². The maximum absolute atomic E-state index is 13.2. The first-order chi connectivity index (χ1) is 17.1. The summed E-state index contributed by atoms with van der Waals surface area (Å²) in [5, 5.41) is 0.339. The van der Waals surface area contributed by atoms with Crippen LogP contribution in [0.4, 0.5) is 4.39 Å². The number of halogens is 2. The third-order valence-electron chi connectivity index (χ3n) is 5.91. The molecule has 2 fully saturated rings. The van der Waals surface area contributed by atoms with Crippen molar-refractivity contribution < 1.29 is 36.6 Å². The van der Waals surface area contributed by atoms with Crippen LogP contribution in [0.2, 0.25) is 5.02 Å². The molecule has 2 saturated heterocycles. The Morgan fingerprint density at radius 3 is 2.44 bits per heavy atom. The van der Waals surface area contributed by atoms with Crippen LogP contribution in [-0.4, -0.2) is 69.4 Å². The van der Waals surface area contributed by atoms with Crippen LogP contribution in [0.5, 0.6) is 11.5 Å². The van der Waals surface area contributed by atoms with Gasteiger partial charge >= 0.3 is 0 Å². The van der Waals surface area contributed by atoms with Gasteiger partial charge in [-0.25, -0.2) is 12.8 Å². The molecule has 194 valence electrons. The fraction of sp³-hybridized carbons (Fsp3) is 0.417.